The number of nitrogens with one attached hydrogen (secondary N) is 1. The lowest BCUT2D eigenvalue weighted by atomic mass is 9.97. The van der Waals surface area contributed by atoms with Crippen LogP contribution in [0.15, 0.2) is 47.7 Å². The SMILES string of the molecule is C1=CC2=CC(C3OCCO3)=CNC2C=C1. The highest BCUT2D eigenvalue weighted by atomic mass is 16.7. The molecule has 0 amide bonds. The molecule has 3 heteroatoms. The van der Waals surface area contributed by atoms with E-state index >= 15 is 0 Å². The average Bonchev–Trinajstić information content (AvgIpc) is 2.82. The monoisotopic (exact) mass is 203 g/mol. The molecule has 1 fully saturated rings. The Bertz CT molecular complexity index is 373. The molecule has 0 aromatic heterocycles. The number of rotatable bonds is 1. The lowest BCUT2D eigenvalue weighted by molar-refractivity contribution is -0.00896. The van der Waals surface area contributed by atoms with Crippen LogP contribution in [0.2, 0.25) is 0 Å². The van der Waals surface area contributed by atoms with E-state index in [0.717, 1.165) is 5.57 Å². The minimum Gasteiger partial charge on any atom is -0.380 e. The van der Waals surface area contributed by atoms with Crippen molar-refractivity contribution in [3.63, 3.8) is 0 Å². The van der Waals surface area contributed by atoms with Gasteiger partial charge in [0.15, 0.2) is 6.29 Å². The third-order valence-corrected chi connectivity index (χ3v) is 2.72. The second kappa shape index (κ2) is 3.68. The van der Waals surface area contributed by atoms with E-state index in [1.165, 1.54) is 5.57 Å². The Balaban J connectivity index is 1.82. The fraction of sp³-hybridized carbons (Fsp3) is 0.333. The van der Waals surface area contributed by atoms with Gasteiger partial charge in [-0.05, 0) is 11.6 Å². The summed E-state index contributed by atoms with van der Waals surface area (Å²) in [6, 6.07) is 0.306. The Hall–Kier alpha value is -1.32. The zero-order valence-corrected chi connectivity index (χ0v) is 8.35. The Morgan fingerprint density at radius 2 is 2.00 bits per heavy atom. The summed E-state index contributed by atoms with van der Waals surface area (Å²) in [5.74, 6) is 0. The molecule has 3 nitrogen and oxygen atoms in total. The number of hydrogen-bond acceptors (Lipinski definition) is 3. The average molecular weight is 203 g/mol. The number of ether oxygens (including phenoxy) is 2. The van der Waals surface area contributed by atoms with E-state index in [4.69, 9.17) is 9.47 Å². The minimum atomic E-state index is -0.190. The van der Waals surface area contributed by atoms with Gasteiger partial charge in [-0.1, -0.05) is 24.3 Å². The van der Waals surface area contributed by atoms with Gasteiger partial charge >= 0.3 is 0 Å². The van der Waals surface area contributed by atoms with E-state index in [1.807, 2.05) is 12.3 Å². The van der Waals surface area contributed by atoms with Gasteiger partial charge in [0, 0.05) is 11.8 Å². The van der Waals surface area contributed by atoms with Gasteiger partial charge < -0.3 is 14.8 Å². The van der Waals surface area contributed by atoms with E-state index in [-0.39, 0.29) is 6.29 Å². The van der Waals surface area contributed by atoms with Crippen LogP contribution in [-0.2, 0) is 9.47 Å². The van der Waals surface area contributed by atoms with E-state index < -0.39 is 0 Å². The van der Waals surface area contributed by atoms with Gasteiger partial charge in [-0.15, -0.1) is 0 Å². The van der Waals surface area contributed by atoms with Crippen molar-refractivity contribution in [3.05, 3.63) is 47.7 Å². The first-order chi connectivity index (χ1) is 7.43. The van der Waals surface area contributed by atoms with Crippen molar-refractivity contribution in [2.45, 2.75) is 12.3 Å². The van der Waals surface area contributed by atoms with Crippen molar-refractivity contribution in [1.29, 1.82) is 0 Å². The molecule has 15 heavy (non-hydrogen) atoms. The van der Waals surface area contributed by atoms with Crippen molar-refractivity contribution in [2.75, 3.05) is 13.2 Å². The third-order valence-electron chi connectivity index (χ3n) is 2.72. The summed E-state index contributed by atoms with van der Waals surface area (Å²) in [5, 5.41) is 3.32. The fourth-order valence-electron chi connectivity index (χ4n) is 1.95. The molecule has 1 atom stereocenters. The van der Waals surface area contributed by atoms with Crippen LogP contribution in [0, 0.1) is 0 Å². The largest absolute Gasteiger partial charge is 0.380 e. The molecule has 0 saturated carbocycles. The molecule has 0 radical (unpaired) electrons. The first-order valence-corrected chi connectivity index (χ1v) is 5.19. The number of fused-ring (bicyclic) bond motifs is 1. The summed E-state index contributed by atoms with van der Waals surface area (Å²) < 4.78 is 10.9. The predicted octanol–water partition coefficient (Wildman–Crippen LogP) is 1.27. The van der Waals surface area contributed by atoms with Gasteiger partial charge in [0.25, 0.3) is 0 Å². The molecule has 1 N–H and O–H groups in total. The molecule has 3 rings (SSSR count). The van der Waals surface area contributed by atoms with Crippen LogP contribution in [0.3, 0.4) is 0 Å². The topological polar surface area (TPSA) is 30.5 Å². The van der Waals surface area contributed by atoms with Gasteiger partial charge in [0.05, 0.1) is 19.3 Å². The quantitative estimate of drug-likeness (QED) is 0.696. The highest BCUT2D eigenvalue weighted by Gasteiger charge is 2.23. The van der Waals surface area contributed by atoms with Crippen LogP contribution < -0.4 is 5.32 Å². The Morgan fingerprint density at radius 3 is 2.87 bits per heavy atom. The first-order valence-electron chi connectivity index (χ1n) is 5.19. The zero-order valence-electron chi connectivity index (χ0n) is 8.35. The Morgan fingerprint density at radius 1 is 1.13 bits per heavy atom. The van der Waals surface area contributed by atoms with Crippen LogP contribution in [0.25, 0.3) is 0 Å². The number of allylic oxidation sites excluding steroid dienone is 2. The summed E-state index contributed by atoms with van der Waals surface area (Å²) >= 11 is 0. The second-order valence-corrected chi connectivity index (χ2v) is 3.75. The van der Waals surface area contributed by atoms with Crippen LogP contribution in [0.5, 0.6) is 0 Å². The molecular formula is C12H13NO2. The Labute approximate surface area is 88.8 Å². The van der Waals surface area contributed by atoms with Gasteiger partial charge in [-0.2, -0.15) is 0 Å². The van der Waals surface area contributed by atoms with Crippen LogP contribution in [0.1, 0.15) is 0 Å². The molecule has 78 valence electrons. The summed E-state index contributed by atoms with van der Waals surface area (Å²) in [7, 11) is 0. The number of dihydropyridines is 1. The molecule has 0 spiro atoms. The normalized spacial score (nSPS) is 29.5. The summed E-state index contributed by atoms with van der Waals surface area (Å²) in [6.07, 6.45) is 12.3. The van der Waals surface area contributed by atoms with Crippen LogP contribution in [0.4, 0.5) is 0 Å². The lowest BCUT2D eigenvalue weighted by Crippen LogP contribution is -2.30. The fourth-order valence-corrected chi connectivity index (χ4v) is 1.95. The molecule has 0 aromatic carbocycles. The highest BCUT2D eigenvalue weighted by molar-refractivity contribution is 5.44. The molecule has 2 heterocycles. The van der Waals surface area contributed by atoms with Gasteiger partial charge in [-0.3, -0.25) is 0 Å². The van der Waals surface area contributed by atoms with E-state index in [1.54, 1.807) is 0 Å². The maximum Gasteiger partial charge on any atom is 0.185 e. The molecule has 1 aliphatic carbocycles. The molecule has 0 bridgehead atoms. The van der Waals surface area contributed by atoms with Crippen molar-refractivity contribution in [1.82, 2.24) is 5.32 Å². The van der Waals surface area contributed by atoms with Crippen molar-refractivity contribution < 1.29 is 9.47 Å². The van der Waals surface area contributed by atoms with Gasteiger partial charge in [0.2, 0.25) is 0 Å². The molecular weight excluding hydrogens is 190 g/mol. The summed E-state index contributed by atoms with van der Waals surface area (Å²) in [5.41, 5.74) is 2.33. The molecule has 0 aromatic rings. The van der Waals surface area contributed by atoms with E-state index in [9.17, 15) is 0 Å². The smallest absolute Gasteiger partial charge is 0.185 e. The van der Waals surface area contributed by atoms with Crippen molar-refractivity contribution in [2.24, 2.45) is 0 Å². The molecule has 1 unspecified atom stereocenters. The first kappa shape index (κ1) is 8.95. The molecule has 3 aliphatic rings. The third kappa shape index (κ3) is 1.64. The maximum atomic E-state index is 5.45. The summed E-state index contributed by atoms with van der Waals surface area (Å²) in [4.78, 5) is 0. The standard InChI is InChI=1S/C12H13NO2/c1-2-4-11-9(3-1)7-10(8-13-11)12-14-5-6-15-12/h1-4,7-8,11-13H,5-6H2. The second-order valence-electron chi connectivity index (χ2n) is 3.75. The van der Waals surface area contributed by atoms with E-state index in [2.05, 4.69) is 29.6 Å². The lowest BCUT2D eigenvalue weighted by Gasteiger charge is -2.24. The van der Waals surface area contributed by atoms with Crippen molar-refractivity contribution >= 4 is 0 Å². The van der Waals surface area contributed by atoms with Gasteiger partial charge in [0.1, 0.15) is 0 Å². The van der Waals surface area contributed by atoms with E-state index in [0.29, 0.717) is 19.3 Å². The molecule has 2 aliphatic heterocycles. The Kier molecular flexibility index (Phi) is 2.19. The van der Waals surface area contributed by atoms with Gasteiger partial charge in [-0.25, -0.2) is 0 Å². The van der Waals surface area contributed by atoms with Crippen LogP contribution >= 0.6 is 0 Å². The summed E-state index contributed by atoms with van der Waals surface area (Å²) in [6.45, 7) is 1.37. The number of hydrogen-bond donors (Lipinski definition) is 1. The predicted molar refractivity (Wildman–Crippen MR) is 57.1 cm³/mol. The molecule has 1 saturated heterocycles. The zero-order chi connectivity index (χ0) is 10.1. The van der Waals surface area contributed by atoms with Crippen LogP contribution in [-0.4, -0.2) is 25.5 Å². The van der Waals surface area contributed by atoms with Crippen molar-refractivity contribution in [3.8, 4) is 0 Å². The highest BCUT2D eigenvalue weighted by Crippen LogP contribution is 2.23. The minimum absolute atomic E-state index is 0.190. The maximum absolute atomic E-state index is 5.45.